The number of hydrogen-bond acceptors (Lipinski definition) is 2. The fourth-order valence-electron chi connectivity index (χ4n) is 2.77. The van der Waals surface area contributed by atoms with Gasteiger partial charge in [0.2, 0.25) is 0 Å². The van der Waals surface area contributed by atoms with E-state index in [0.29, 0.717) is 0 Å². The van der Waals surface area contributed by atoms with Crippen molar-refractivity contribution in [2.45, 2.75) is 19.4 Å². The van der Waals surface area contributed by atoms with E-state index >= 15 is 0 Å². The molecule has 0 radical (unpaired) electrons. The second-order valence-electron chi connectivity index (χ2n) is 5.48. The smallest absolute Gasteiger partial charge is 0.0506 e. The van der Waals surface area contributed by atoms with Crippen LogP contribution in [0.15, 0.2) is 66.7 Å². The van der Waals surface area contributed by atoms with E-state index in [4.69, 9.17) is 5.84 Å². The van der Waals surface area contributed by atoms with Gasteiger partial charge in [-0.05, 0) is 35.2 Å². The summed E-state index contributed by atoms with van der Waals surface area (Å²) in [6.07, 6.45) is 0.880. The van der Waals surface area contributed by atoms with Gasteiger partial charge in [0, 0.05) is 0 Å². The normalized spacial score (nSPS) is 12.5. The van der Waals surface area contributed by atoms with Crippen LogP contribution in [0.3, 0.4) is 0 Å². The molecule has 1 unspecified atom stereocenters. The maximum Gasteiger partial charge on any atom is 0.0506 e. The lowest BCUT2D eigenvalue weighted by atomic mass is 9.94. The third kappa shape index (κ3) is 2.97. The molecular formula is C19H20N2. The number of hydrazine groups is 1. The summed E-state index contributed by atoms with van der Waals surface area (Å²) in [6.45, 7) is 2.10. The summed E-state index contributed by atoms with van der Waals surface area (Å²) in [5.74, 6) is 5.82. The topological polar surface area (TPSA) is 38.0 Å². The van der Waals surface area contributed by atoms with Crippen LogP contribution < -0.4 is 11.3 Å². The van der Waals surface area contributed by atoms with E-state index in [1.165, 1.54) is 27.5 Å². The Hall–Kier alpha value is -2.16. The van der Waals surface area contributed by atoms with Crippen molar-refractivity contribution < 1.29 is 0 Å². The van der Waals surface area contributed by atoms with Crippen molar-refractivity contribution in [1.29, 1.82) is 0 Å². The van der Waals surface area contributed by atoms with Crippen LogP contribution in [0.25, 0.3) is 10.8 Å². The molecule has 0 saturated heterocycles. The molecular weight excluding hydrogens is 256 g/mol. The van der Waals surface area contributed by atoms with E-state index in [9.17, 15) is 0 Å². The minimum atomic E-state index is 0.110. The zero-order valence-corrected chi connectivity index (χ0v) is 12.2. The van der Waals surface area contributed by atoms with Gasteiger partial charge in [-0.3, -0.25) is 11.3 Å². The van der Waals surface area contributed by atoms with Gasteiger partial charge in [-0.25, -0.2) is 0 Å². The molecule has 0 saturated carbocycles. The van der Waals surface area contributed by atoms with Crippen molar-refractivity contribution >= 4 is 10.8 Å². The van der Waals surface area contributed by atoms with Crippen LogP contribution in [0.5, 0.6) is 0 Å². The number of nitrogens with one attached hydrogen (secondary N) is 1. The molecule has 0 spiro atoms. The first kappa shape index (κ1) is 13.8. The lowest BCUT2D eigenvalue weighted by Gasteiger charge is -2.18. The Morgan fingerprint density at radius 2 is 1.62 bits per heavy atom. The maximum atomic E-state index is 5.82. The third-order valence-corrected chi connectivity index (χ3v) is 3.96. The molecule has 3 aromatic carbocycles. The fourth-order valence-corrected chi connectivity index (χ4v) is 2.77. The predicted octanol–water partition coefficient (Wildman–Crippen LogP) is 3.90. The molecule has 3 aromatic rings. The molecule has 0 bridgehead atoms. The molecule has 0 aliphatic heterocycles. The average Bonchev–Trinajstić information content (AvgIpc) is 2.54. The van der Waals surface area contributed by atoms with Gasteiger partial charge in [0.1, 0.15) is 0 Å². The van der Waals surface area contributed by atoms with E-state index in [0.717, 1.165) is 6.42 Å². The summed E-state index contributed by atoms with van der Waals surface area (Å²) in [5.41, 5.74) is 6.79. The van der Waals surface area contributed by atoms with E-state index in [1.807, 2.05) is 0 Å². The van der Waals surface area contributed by atoms with Crippen LogP contribution in [-0.4, -0.2) is 0 Å². The Kier molecular flexibility index (Phi) is 4.00. The first-order chi connectivity index (χ1) is 10.3. The molecule has 106 valence electrons. The molecule has 0 aliphatic carbocycles. The Morgan fingerprint density at radius 1 is 0.905 bits per heavy atom. The van der Waals surface area contributed by atoms with E-state index in [-0.39, 0.29) is 6.04 Å². The Balaban J connectivity index is 1.96. The van der Waals surface area contributed by atoms with Crippen molar-refractivity contribution in [2.75, 3.05) is 0 Å². The second-order valence-corrected chi connectivity index (χ2v) is 5.48. The van der Waals surface area contributed by atoms with Crippen molar-refractivity contribution in [3.05, 3.63) is 83.4 Å². The minimum absolute atomic E-state index is 0.110. The first-order valence-electron chi connectivity index (χ1n) is 7.27. The maximum absolute atomic E-state index is 5.82. The van der Waals surface area contributed by atoms with Crippen molar-refractivity contribution in [3.8, 4) is 0 Å². The summed E-state index contributed by atoms with van der Waals surface area (Å²) in [7, 11) is 0. The number of fused-ring (bicyclic) bond motifs is 1. The van der Waals surface area contributed by atoms with Gasteiger partial charge in [-0.1, -0.05) is 72.3 Å². The molecule has 3 N–H and O–H groups in total. The first-order valence-corrected chi connectivity index (χ1v) is 7.27. The monoisotopic (exact) mass is 276 g/mol. The zero-order chi connectivity index (χ0) is 14.7. The molecule has 0 amide bonds. The standard InChI is InChI=1S/C19H20N2/c1-14-9-11-15(12-10-14)13-19(21-20)18-8-4-6-16-5-2-3-7-17(16)18/h2-12,19,21H,13,20H2,1H3. The number of hydrogen-bond donors (Lipinski definition) is 2. The molecule has 2 heteroatoms. The molecule has 2 nitrogen and oxygen atoms in total. The van der Waals surface area contributed by atoms with Gasteiger partial charge in [0.15, 0.2) is 0 Å². The van der Waals surface area contributed by atoms with Crippen LogP contribution in [0, 0.1) is 6.92 Å². The quantitative estimate of drug-likeness (QED) is 0.560. The third-order valence-electron chi connectivity index (χ3n) is 3.96. The molecule has 1 atom stereocenters. The van der Waals surface area contributed by atoms with Gasteiger partial charge in [0.05, 0.1) is 6.04 Å². The highest BCUT2D eigenvalue weighted by Crippen LogP contribution is 2.26. The predicted molar refractivity (Wildman–Crippen MR) is 88.9 cm³/mol. The van der Waals surface area contributed by atoms with E-state index in [1.54, 1.807) is 0 Å². The van der Waals surface area contributed by atoms with Crippen molar-refractivity contribution in [2.24, 2.45) is 5.84 Å². The number of aryl methyl sites for hydroxylation is 1. The van der Waals surface area contributed by atoms with Crippen LogP contribution >= 0.6 is 0 Å². The Labute approximate surface area is 125 Å². The SMILES string of the molecule is Cc1ccc(CC(NN)c2cccc3ccccc23)cc1. The molecule has 0 aliphatic rings. The van der Waals surface area contributed by atoms with Gasteiger partial charge in [-0.15, -0.1) is 0 Å². The van der Waals surface area contributed by atoms with Gasteiger partial charge >= 0.3 is 0 Å². The highest BCUT2D eigenvalue weighted by atomic mass is 15.2. The molecule has 21 heavy (non-hydrogen) atoms. The lowest BCUT2D eigenvalue weighted by Crippen LogP contribution is -2.29. The summed E-state index contributed by atoms with van der Waals surface area (Å²) >= 11 is 0. The van der Waals surface area contributed by atoms with Gasteiger partial charge in [-0.2, -0.15) is 0 Å². The zero-order valence-electron chi connectivity index (χ0n) is 12.2. The highest BCUT2D eigenvalue weighted by molar-refractivity contribution is 5.86. The summed E-state index contributed by atoms with van der Waals surface area (Å²) in [6, 6.07) is 23.6. The van der Waals surface area contributed by atoms with Gasteiger partial charge < -0.3 is 0 Å². The molecule has 0 heterocycles. The largest absolute Gasteiger partial charge is 0.271 e. The molecule has 0 fully saturated rings. The average molecular weight is 276 g/mol. The molecule has 0 aromatic heterocycles. The van der Waals surface area contributed by atoms with Gasteiger partial charge in [0.25, 0.3) is 0 Å². The van der Waals surface area contributed by atoms with E-state index < -0.39 is 0 Å². The van der Waals surface area contributed by atoms with Crippen molar-refractivity contribution in [1.82, 2.24) is 5.43 Å². The van der Waals surface area contributed by atoms with Crippen molar-refractivity contribution in [3.63, 3.8) is 0 Å². The number of rotatable bonds is 4. The second kappa shape index (κ2) is 6.08. The summed E-state index contributed by atoms with van der Waals surface area (Å²) < 4.78 is 0. The Bertz CT molecular complexity index is 727. The minimum Gasteiger partial charge on any atom is -0.271 e. The number of nitrogens with two attached hydrogens (primary N) is 1. The van der Waals surface area contributed by atoms with Crippen LogP contribution in [-0.2, 0) is 6.42 Å². The highest BCUT2D eigenvalue weighted by Gasteiger charge is 2.13. The van der Waals surface area contributed by atoms with Crippen LogP contribution in [0.2, 0.25) is 0 Å². The number of benzene rings is 3. The van der Waals surface area contributed by atoms with Crippen LogP contribution in [0.4, 0.5) is 0 Å². The fraction of sp³-hybridized carbons (Fsp3) is 0.158. The van der Waals surface area contributed by atoms with Crippen LogP contribution in [0.1, 0.15) is 22.7 Å². The summed E-state index contributed by atoms with van der Waals surface area (Å²) in [5, 5.41) is 2.51. The Morgan fingerprint density at radius 3 is 2.38 bits per heavy atom. The lowest BCUT2D eigenvalue weighted by molar-refractivity contribution is 0.555. The molecule has 3 rings (SSSR count). The summed E-state index contributed by atoms with van der Waals surface area (Å²) in [4.78, 5) is 0. The van der Waals surface area contributed by atoms with E-state index in [2.05, 4.69) is 79.1 Å².